The molecule has 126 valence electrons. The smallest absolute Gasteiger partial charge is 0.213 e. The van der Waals surface area contributed by atoms with E-state index in [9.17, 15) is 14.4 Å². The lowest BCUT2D eigenvalue weighted by Gasteiger charge is -2.15. The normalized spacial score (nSPS) is 14.7. The topological polar surface area (TPSA) is 53.3 Å². The number of hydrogen-bond acceptors (Lipinski definition) is 5. The van der Waals surface area contributed by atoms with E-state index in [4.69, 9.17) is 16.3 Å². The summed E-state index contributed by atoms with van der Waals surface area (Å²) in [4.78, 5) is 15.2. The van der Waals surface area contributed by atoms with Crippen LogP contribution in [0.3, 0.4) is 0 Å². The molecule has 7 heteroatoms. The van der Waals surface area contributed by atoms with E-state index in [0.29, 0.717) is 5.03 Å². The van der Waals surface area contributed by atoms with Crippen molar-refractivity contribution >= 4 is 34.8 Å². The lowest BCUT2D eigenvalue weighted by Crippen LogP contribution is -2.19. The highest BCUT2D eigenvalue weighted by Crippen LogP contribution is 2.46. The number of fused-ring (bicyclic) bond motifs is 1. The number of halogens is 2. The number of ether oxygens (including phenoxy) is 1. The summed E-state index contributed by atoms with van der Waals surface area (Å²) in [6, 6.07) is 13.2. The van der Waals surface area contributed by atoms with Gasteiger partial charge in [0.1, 0.15) is 28.2 Å². The van der Waals surface area contributed by atoms with E-state index >= 15 is 0 Å². The molecule has 1 aliphatic heterocycles. The molecule has 0 spiro atoms. The van der Waals surface area contributed by atoms with Gasteiger partial charge >= 0.3 is 0 Å². The van der Waals surface area contributed by atoms with Crippen LogP contribution in [-0.4, -0.2) is 19.4 Å². The molecule has 0 N–H and O–H groups in total. The lowest BCUT2D eigenvalue weighted by atomic mass is 10.2. The average Bonchev–Trinajstić information content (AvgIpc) is 2.92. The number of thioether (sulfide) groups is 1. The average molecular weight is 375 g/mol. The Hall–Kier alpha value is -2.49. The van der Waals surface area contributed by atoms with Crippen molar-refractivity contribution in [2.24, 2.45) is 0 Å². The van der Waals surface area contributed by atoms with Gasteiger partial charge in [0.05, 0.1) is 10.7 Å². The van der Waals surface area contributed by atoms with Gasteiger partial charge < -0.3 is 9.64 Å². The molecule has 2 aromatic rings. The molecule has 0 atom stereocenters. The molecule has 0 saturated heterocycles. The largest absolute Gasteiger partial charge is 0.484 e. The molecule has 0 saturated carbocycles. The molecule has 2 aromatic carbocycles. The Kier molecular flexibility index (Phi) is 4.98. The first kappa shape index (κ1) is 17.3. The van der Waals surface area contributed by atoms with Crippen LogP contribution in [0.15, 0.2) is 58.0 Å². The van der Waals surface area contributed by atoms with E-state index in [1.807, 2.05) is 30.3 Å². The molecule has 25 heavy (non-hydrogen) atoms. The highest BCUT2D eigenvalue weighted by atomic mass is 35.5. The third-order valence-corrected chi connectivity index (χ3v) is 5.13. The summed E-state index contributed by atoms with van der Waals surface area (Å²) in [6.45, 7) is -0.359. The van der Waals surface area contributed by atoms with E-state index in [2.05, 4.69) is 0 Å². The van der Waals surface area contributed by atoms with Gasteiger partial charge in [-0.05, 0) is 30.3 Å². The van der Waals surface area contributed by atoms with Crippen LogP contribution in [-0.2, 0) is 4.79 Å². The molecule has 3 rings (SSSR count). The first-order valence-corrected chi connectivity index (χ1v) is 8.46. The Bertz CT molecular complexity index is 924. The first-order chi connectivity index (χ1) is 12.0. The highest BCUT2D eigenvalue weighted by Gasteiger charge is 2.28. The summed E-state index contributed by atoms with van der Waals surface area (Å²) >= 11 is 7.23. The quantitative estimate of drug-likeness (QED) is 0.586. The van der Waals surface area contributed by atoms with E-state index in [-0.39, 0.29) is 23.0 Å². The van der Waals surface area contributed by atoms with Crippen LogP contribution in [0.5, 0.6) is 5.75 Å². The van der Waals surface area contributed by atoms with Gasteiger partial charge in [0.15, 0.2) is 6.61 Å². The predicted octanol–water partition coefficient (Wildman–Crippen LogP) is 4.40. The molecule has 0 aromatic heterocycles. The van der Waals surface area contributed by atoms with Crippen LogP contribution in [0.2, 0.25) is 5.02 Å². The standard InChI is InChI=1S/C18H12ClFN2O2S/c1-22-14-4-2-3-5-17(14)25-18(22)12(9-21)15(23)10-24-16-7-6-11(20)8-13(16)19/h2-8H,10H2,1H3/b18-12-. The predicted molar refractivity (Wildman–Crippen MR) is 95.3 cm³/mol. The van der Waals surface area contributed by atoms with Crippen molar-refractivity contribution in [3.8, 4) is 11.8 Å². The summed E-state index contributed by atoms with van der Waals surface area (Å²) in [7, 11) is 1.80. The summed E-state index contributed by atoms with van der Waals surface area (Å²) in [5, 5.41) is 10.1. The molecule has 0 unspecified atom stereocenters. The summed E-state index contributed by atoms with van der Waals surface area (Å²) in [5.41, 5.74) is 0.951. The van der Waals surface area contributed by atoms with Crippen LogP contribution >= 0.6 is 23.4 Å². The van der Waals surface area contributed by atoms with Crippen molar-refractivity contribution in [3.05, 3.63) is 63.9 Å². The molecule has 0 fully saturated rings. The number of nitriles is 1. The fourth-order valence-corrected chi connectivity index (χ4v) is 3.74. The van der Waals surface area contributed by atoms with E-state index < -0.39 is 11.6 Å². The zero-order chi connectivity index (χ0) is 18.0. The fourth-order valence-electron chi connectivity index (χ4n) is 2.36. The Morgan fingerprint density at radius 2 is 2.12 bits per heavy atom. The molecule has 1 heterocycles. The second-order valence-electron chi connectivity index (χ2n) is 5.21. The molecule has 1 aliphatic rings. The number of Topliss-reactive ketones (excluding diaryl/α,β-unsaturated/α-hetero) is 1. The minimum atomic E-state index is -0.495. The minimum absolute atomic E-state index is 0.0157. The number of para-hydroxylation sites is 1. The molecule has 0 amide bonds. The van der Waals surface area contributed by atoms with E-state index in [1.54, 1.807) is 11.9 Å². The van der Waals surface area contributed by atoms with Gasteiger partial charge in [0.2, 0.25) is 5.78 Å². The van der Waals surface area contributed by atoms with Crippen molar-refractivity contribution in [1.29, 1.82) is 5.26 Å². The number of nitrogens with zero attached hydrogens (tertiary/aromatic N) is 2. The van der Waals surface area contributed by atoms with Crippen molar-refractivity contribution in [1.82, 2.24) is 0 Å². The number of benzene rings is 2. The van der Waals surface area contributed by atoms with Crippen LogP contribution in [0.25, 0.3) is 0 Å². The molecule has 0 aliphatic carbocycles. The molecular formula is C18H12ClFN2O2S. The number of hydrogen-bond donors (Lipinski definition) is 0. The zero-order valence-corrected chi connectivity index (χ0v) is 14.7. The summed E-state index contributed by atoms with van der Waals surface area (Å²) < 4.78 is 18.4. The van der Waals surface area contributed by atoms with Gasteiger partial charge in [-0.15, -0.1) is 0 Å². The number of rotatable bonds is 4. The third kappa shape index (κ3) is 3.48. The second-order valence-corrected chi connectivity index (χ2v) is 6.65. The Morgan fingerprint density at radius 1 is 1.36 bits per heavy atom. The Labute approximate surface area is 153 Å². The van der Waals surface area contributed by atoms with Crippen LogP contribution in [0.1, 0.15) is 0 Å². The highest BCUT2D eigenvalue weighted by molar-refractivity contribution is 8.03. The van der Waals surface area contributed by atoms with Crippen LogP contribution in [0.4, 0.5) is 10.1 Å². The second kappa shape index (κ2) is 7.18. The maximum atomic E-state index is 13.0. The first-order valence-electron chi connectivity index (χ1n) is 7.27. The fraction of sp³-hybridized carbons (Fsp3) is 0.111. The third-order valence-electron chi connectivity index (χ3n) is 3.60. The molecule has 0 bridgehead atoms. The van der Waals surface area contributed by atoms with Crippen molar-refractivity contribution in [3.63, 3.8) is 0 Å². The zero-order valence-electron chi connectivity index (χ0n) is 13.1. The molecular weight excluding hydrogens is 363 g/mol. The van der Waals surface area contributed by atoms with Gasteiger partial charge in [-0.3, -0.25) is 4.79 Å². The summed E-state index contributed by atoms with van der Waals surface area (Å²) in [6.07, 6.45) is 0. The Balaban J connectivity index is 1.80. The number of ketones is 1. The van der Waals surface area contributed by atoms with Crippen molar-refractivity contribution in [2.75, 3.05) is 18.6 Å². The molecule has 4 nitrogen and oxygen atoms in total. The number of anilines is 1. The minimum Gasteiger partial charge on any atom is -0.484 e. The van der Waals surface area contributed by atoms with Crippen LogP contribution < -0.4 is 9.64 Å². The Morgan fingerprint density at radius 3 is 2.80 bits per heavy atom. The number of carbonyl (C=O) groups is 1. The maximum absolute atomic E-state index is 13.0. The lowest BCUT2D eigenvalue weighted by molar-refractivity contribution is -0.117. The van der Waals surface area contributed by atoms with E-state index in [0.717, 1.165) is 16.6 Å². The van der Waals surface area contributed by atoms with Gasteiger partial charge in [0.25, 0.3) is 0 Å². The summed E-state index contributed by atoms with van der Waals surface area (Å²) in [5.74, 6) is -0.773. The SMILES string of the molecule is CN1/C(=C(\C#N)C(=O)COc2ccc(F)cc2Cl)Sc2ccccc21. The van der Waals surface area contributed by atoms with Gasteiger partial charge in [-0.2, -0.15) is 5.26 Å². The molecule has 0 radical (unpaired) electrons. The van der Waals surface area contributed by atoms with E-state index in [1.165, 1.54) is 23.9 Å². The van der Waals surface area contributed by atoms with Crippen molar-refractivity contribution in [2.45, 2.75) is 4.90 Å². The maximum Gasteiger partial charge on any atom is 0.213 e. The van der Waals surface area contributed by atoms with Gasteiger partial charge in [-0.1, -0.05) is 35.5 Å². The van der Waals surface area contributed by atoms with Gasteiger partial charge in [0, 0.05) is 11.9 Å². The monoisotopic (exact) mass is 374 g/mol. The van der Waals surface area contributed by atoms with Crippen LogP contribution in [0, 0.1) is 17.1 Å². The van der Waals surface area contributed by atoms with Gasteiger partial charge in [-0.25, -0.2) is 4.39 Å². The number of carbonyl (C=O) groups excluding carboxylic acids is 1. The van der Waals surface area contributed by atoms with Crippen molar-refractivity contribution < 1.29 is 13.9 Å².